The maximum Gasteiger partial charge on any atom is 0.321 e. The minimum Gasteiger partial charge on any atom is -0.378 e. The summed E-state index contributed by atoms with van der Waals surface area (Å²) in [5.41, 5.74) is 2.21. The molecule has 2 N–H and O–H groups in total. The normalized spacial score (nSPS) is 16.8. The van der Waals surface area contributed by atoms with Gasteiger partial charge in [-0.2, -0.15) is 0 Å². The summed E-state index contributed by atoms with van der Waals surface area (Å²) in [5, 5.41) is 5.73. The summed E-state index contributed by atoms with van der Waals surface area (Å²) >= 11 is 0. The monoisotopic (exact) mass is 381 g/mol. The largest absolute Gasteiger partial charge is 0.378 e. The van der Waals surface area contributed by atoms with Crippen molar-refractivity contribution in [2.75, 3.05) is 49.2 Å². The summed E-state index contributed by atoms with van der Waals surface area (Å²) in [4.78, 5) is 32.8. The Morgan fingerprint density at radius 3 is 2.82 bits per heavy atom. The summed E-state index contributed by atoms with van der Waals surface area (Å²) in [6, 6.07) is 10.8. The number of carbonyl (C=O) groups is 2. The lowest BCUT2D eigenvalue weighted by Gasteiger charge is -2.29. The Balaban J connectivity index is 1.44. The minimum absolute atomic E-state index is 0.136. The number of rotatable bonds is 5. The predicted molar refractivity (Wildman–Crippen MR) is 106 cm³/mol. The number of nitrogens with one attached hydrogen (secondary N) is 2. The number of hydrogen-bond acceptors (Lipinski definition) is 5. The molecule has 2 saturated heterocycles. The minimum atomic E-state index is -0.182. The second kappa shape index (κ2) is 8.26. The van der Waals surface area contributed by atoms with Crippen LogP contribution in [-0.4, -0.2) is 56.3 Å². The molecule has 8 heteroatoms. The molecule has 28 heavy (non-hydrogen) atoms. The second-order valence-electron chi connectivity index (χ2n) is 6.70. The van der Waals surface area contributed by atoms with Crippen molar-refractivity contribution in [2.24, 2.45) is 0 Å². The highest BCUT2D eigenvalue weighted by atomic mass is 16.5. The molecule has 146 valence electrons. The van der Waals surface area contributed by atoms with Crippen LogP contribution in [0, 0.1) is 0 Å². The Labute approximate surface area is 163 Å². The molecule has 2 aromatic rings. The zero-order valence-corrected chi connectivity index (χ0v) is 15.6. The van der Waals surface area contributed by atoms with Crippen LogP contribution in [0.15, 0.2) is 42.6 Å². The van der Waals surface area contributed by atoms with Crippen LogP contribution < -0.4 is 20.4 Å². The molecular formula is C20H23N5O3. The van der Waals surface area contributed by atoms with Crippen LogP contribution in [0.25, 0.3) is 0 Å². The van der Waals surface area contributed by atoms with Crippen LogP contribution in [-0.2, 0) is 11.3 Å². The molecule has 1 aromatic carbocycles. The van der Waals surface area contributed by atoms with Crippen molar-refractivity contribution in [3.05, 3.63) is 53.7 Å². The second-order valence-corrected chi connectivity index (χ2v) is 6.70. The van der Waals surface area contributed by atoms with Crippen LogP contribution in [0.3, 0.4) is 0 Å². The van der Waals surface area contributed by atoms with E-state index < -0.39 is 0 Å². The Morgan fingerprint density at radius 1 is 1.18 bits per heavy atom. The number of hydrogen-bond donors (Lipinski definition) is 2. The Kier molecular flexibility index (Phi) is 5.38. The van der Waals surface area contributed by atoms with E-state index in [1.54, 1.807) is 29.3 Å². The SMILES string of the molecule is O=C(NCc1cccnc1N1CCOCC1)c1cccc(N2CCNC2=O)c1. The van der Waals surface area contributed by atoms with Crippen LogP contribution in [0.1, 0.15) is 15.9 Å². The first-order valence-corrected chi connectivity index (χ1v) is 9.42. The zero-order valence-electron chi connectivity index (χ0n) is 15.6. The third-order valence-electron chi connectivity index (χ3n) is 4.89. The molecule has 3 amide bonds. The van der Waals surface area contributed by atoms with E-state index in [1.807, 2.05) is 18.2 Å². The van der Waals surface area contributed by atoms with Gasteiger partial charge in [0.25, 0.3) is 5.91 Å². The molecule has 2 aliphatic rings. The molecule has 0 spiro atoms. The van der Waals surface area contributed by atoms with Gasteiger partial charge >= 0.3 is 6.03 Å². The maximum absolute atomic E-state index is 12.7. The van der Waals surface area contributed by atoms with Gasteiger partial charge in [0.2, 0.25) is 0 Å². The average molecular weight is 381 g/mol. The molecule has 0 aliphatic carbocycles. The fourth-order valence-electron chi connectivity index (χ4n) is 3.44. The number of amides is 3. The summed E-state index contributed by atoms with van der Waals surface area (Å²) in [7, 11) is 0. The van der Waals surface area contributed by atoms with Crippen molar-refractivity contribution in [2.45, 2.75) is 6.54 Å². The van der Waals surface area contributed by atoms with Crippen molar-refractivity contribution >= 4 is 23.4 Å². The van der Waals surface area contributed by atoms with E-state index in [1.165, 1.54) is 0 Å². The lowest BCUT2D eigenvalue weighted by Crippen LogP contribution is -2.37. The Hall–Kier alpha value is -3.13. The molecule has 2 aliphatic heterocycles. The first-order chi connectivity index (χ1) is 13.7. The van der Waals surface area contributed by atoms with Crippen LogP contribution in [0.5, 0.6) is 0 Å². The van der Waals surface area contributed by atoms with Gasteiger partial charge in [-0.1, -0.05) is 12.1 Å². The molecule has 2 fully saturated rings. The highest BCUT2D eigenvalue weighted by molar-refractivity contribution is 5.98. The number of anilines is 2. The van der Waals surface area contributed by atoms with E-state index in [2.05, 4.69) is 20.5 Å². The molecule has 0 atom stereocenters. The zero-order chi connectivity index (χ0) is 19.3. The molecule has 0 radical (unpaired) electrons. The molecule has 1 aromatic heterocycles. The maximum atomic E-state index is 12.7. The van der Waals surface area contributed by atoms with Crippen molar-refractivity contribution in [3.8, 4) is 0 Å². The van der Waals surface area contributed by atoms with Crippen LogP contribution >= 0.6 is 0 Å². The van der Waals surface area contributed by atoms with Gasteiger partial charge in [-0.15, -0.1) is 0 Å². The number of pyridine rings is 1. The van der Waals surface area contributed by atoms with E-state index >= 15 is 0 Å². The molecule has 8 nitrogen and oxygen atoms in total. The standard InChI is InChI=1S/C20H23N5O3/c26-19(15-3-1-5-17(13-15)25-8-7-22-20(25)27)23-14-16-4-2-6-21-18(16)24-9-11-28-12-10-24/h1-6,13H,7-12,14H2,(H,22,27)(H,23,26). The number of morpholine rings is 1. The average Bonchev–Trinajstić information content (AvgIpc) is 3.19. The Morgan fingerprint density at radius 2 is 2.04 bits per heavy atom. The summed E-state index contributed by atoms with van der Waals surface area (Å²) in [5.74, 6) is 0.701. The van der Waals surface area contributed by atoms with Gasteiger partial charge < -0.3 is 20.3 Å². The van der Waals surface area contributed by atoms with E-state index in [-0.39, 0.29) is 11.9 Å². The van der Waals surface area contributed by atoms with Crippen molar-refractivity contribution in [3.63, 3.8) is 0 Å². The van der Waals surface area contributed by atoms with E-state index in [0.29, 0.717) is 38.4 Å². The number of benzene rings is 1. The van der Waals surface area contributed by atoms with Crippen molar-refractivity contribution in [1.82, 2.24) is 15.6 Å². The number of nitrogens with zero attached hydrogens (tertiary/aromatic N) is 3. The van der Waals surface area contributed by atoms with Crippen LogP contribution in [0.4, 0.5) is 16.3 Å². The predicted octanol–water partition coefficient (Wildman–Crippen LogP) is 1.38. The Bertz CT molecular complexity index is 866. The molecule has 0 bridgehead atoms. The highest BCUT2D eigenvalue weighted by Crippen LogP contribution is 2.20. The van der Waals surface area contributed by atoms with Crippen LogP contribution in [0.2, 0.25) is 0 Å². The van der Waals surface area contributed by atoms with Gasteiger partial charge in [-0.3, -0.25) is 9.69 Å². The lowest BCUT2D eigenvalue weighted by molar-refractivity contribution is 0.0950. The lowest BCUT2D eigenvalue weighted by atomic mass is 10.1. The van der Waals surface area contributed by atoms with Gasteiger partial charge in [0.15, 0.2) is 0 Å². The number of ether oxygens (including phenoxy) is 1. The molecule has 0 saturated carbocycles. The number of carbonyl (C=O) groups excluding carboxylic acids is 2. The summed E-state index contributed by atoms with van der Waals surface area (Å²) in [6.45, 7) is 4.53. The van der Waals surface area contributed by atoms with Gasteiger partial charge in [-0.05, 0) is 24.3 Å². The van der Waals surface area contributed by atoms with Crippen molar-refractivity contribution in [1.29, 1.82) is 0 Å². The fraction of sp³-hybridized carbons (Fsp3) is 0.350. The molecule has 4 rings (SSSR count). The smallest absolute Gasteiger partial charge is 0.321 e. The summed E-state index contributed by atoms with van der Waals surface area (Å²) in [6.07, 6.45) is 1.76. The van der Waals surface area contributed by atoms with Crippen molar-refractivity contribution < 1.29 is 14.3 Å². The topological polar surface area (TPSA) is 86.8 Å². The van der Waals surface area contributed by atoms with E-state index in [9.17, 15) is 9.59 Å². The van der Waals surface area contributed by atoms with Gasteiger partial charge in [0.05, 0.1) is 13.2 Å². The van der Waals surface area contributed by atoms with Gasteiger partial charge in [-0.25, -0.2) is 9.78 Å². The fourth-order valence-corrected chi connectivity index (χ4v) is 3.44. The third kappa shape index (κ3) is 3.91. The number of aromatic nitrogens is 1. The molecule has 0 unspecified atom stereocenters. The first-order valence-electron chi connectivity index (χ1n) is 9.42. The summed E-state index contributed by atoms with van der Waals surface area (Å²) < 4.78 is 5.41. The quantitative estimate of drug-likeness (QED) is 0.817. The van der Waals surface area contributed by atoms with E-state index in [4.69, 9.17) is 4.74 Å². The third-order valence-corrected chi connectivity index (χ3v) is 4.89. The van der Waals surface area contributed by atoms with E-state index in [0.717, 1.165) is 30.2 Å². The molecule has 3 heterocycles. The first kappa shape index (κ1) is 18.2. The highest BCUT2D eigenvalue weighted by Gasteiger charge is 2.22. The number of urea groups is 1. The van der Waals surface area contributed by atoms with Gasteiger partial charge in [0.1, 0.15) is 5.82 Å². The van der Waals surface area contributed by atoms with Gasteiger partial charge in [0, 0.05) is 55.7 Å². The molecular weight excluding hydrogens is 358 g/mol.